The van der Waals surface area contributed by atoms with Gasteiger partial charge in [0.15, 0.2) is 0 Å². The first-order valence-corrected chi connectivity index (χ1v) is 10.2. The Bertz CT molecular complexity index is 1140. The maximum Gasteiger partial charge on any atom is 0.327 e. The van der Waals surface area contributed by atoms with Crippen LogP contribution in [0.15, 0.2) is 29.1 Å². The van der Waals surface area contributed by atoms with Gasteiger partial charge in [-0.2, -0.15) is 4.98 Å². The number of imidazole rings is 1. The lowest BCUT2D eigenvalue weighted by atomic mass is 9.99. The number of fused-ring (bicyclic) bond motifs is 3. The van der Waals surface area contributed by atoms with E-state index in [1.165, 1.54) is 12.8 Å². The zero-order valence-electron chi connectivity index (χ0n) is 15.8. The predicted molar refractivity (Wildman–Crippen MR) is 107 cm³/mol. The van der Waals surface area contributed by atoms with Gasteiger partial charge in [0, 0.05) is 0 Å². The summed E-state index contributed by atoms with van der Waals surface area (Å²) in [5, 5.41) is 13.8. The van der Waals surface area contributed by atoms with E-state index in [4.69, 9.17) is 11.6 Å². The SMILES string of the molecule is CCn1c2[n+](c3c(nc(Cl)n3Cc3cccc(O)c3)c1=O)CC1(CCCC1)N2. The molecule has 7 nitrogen and oxygen atoms in total. The fraction of sp³-hybridized carbons (Fsp3) is 0.450. The first-order chi connectivity index (χ1) is 13.5. The van der Waals surface area contributed by atoms with E-state index in [1.54, 1.807) is 22.8 Å². The largest absolute Gasteiger partial charge is 0.508 e. The van der Waals surface area contributed by atoms with Crippen LogP contribution in [0.3, 0.4) is 0 Å². The van der Waals surface area contributed by atoms with Crippen LogP contribution in [0.2, 0.25) is 5.28 Å². The lowest BCUT2D eigenvalue weighted by Crippen LogP contribution is -2.43. The van der Waals surface area contributed by atoms with E-state index in [2.05, 4.69) is 14.9 Å². The minimum atomic E-state index is -0.122. The molecule has 2 N–H and O–H groups in total. The van der Waals surface area contributed by atoms with Gasteiger partial charge >= 0.3 is 11.5 Å². The molecule has 1 aliphatic heterocycles. The molecule has 146 valence electrons. The monoisotopic (exact) mass is 400 g/mol. The number of hydrogen-bond donors (Lipinski definition) is 2. The number of phenols is 1. The Hall–Kier alpha value is -2.54. The summed E-state index contributed by atoms with van der Waals surface area (Å²) in [6.45, 7) is 3.79. The molecule has 1 aliphatic carbocycles. The molecule has 0 bridgehead atoms. The van der Waals surface area contributed by atoms with Gasteiger partial charge in [0.25, 0.3) is 0 Å². The molecule has 3 heterocycles. The summed E-state index contributed by atoms with van der Waals surface area (Å²) in [6.07, 6.45) is 4.60. The summed E-state index contributed by atoms with van der Waals surface area (Å²) in [5.41, 5.74) is 1.93. The number of anilines is 1. The van der Waals surface area contributed by atoms with Crippen LogP contribution in [0.5, 0.6) is 5.75 Å². The molecule has 1 spiro atoms. The third-order valence-corrected chi connectivity index (χ3v) is 6.36. The van der Waals surface area contributed by atoms with Crippen molar-refractivity contribution in [1.29, 1.82) is 0 Å². The molecule has 28 heavy (non-hydrogen) atoms. The highest BCUT2D eigenvalue weighted by Crippen LogP contribution is 2.36. The van der Waals surface area contributed by atoms with E-state index in [9.17, 15) is 9.90 Å². The minimum Gasteiger partial charge on any atom is -0.508 e. The lowest BCUT2D eigenvalue weighted by molar-refractivity contribution is -0.657. The molecule has 1 fully saturated rings. The molecule has 1 saturated carbocycles. The van der Waals surface area contributed by atoms with E-state index in [0.29, 0.717) is 18.6 Å². The quantitative estimate of drug-likeness (QED) is 0.523. The van der Waals surface area contributed by atoms with Crippen LogP contribution in [-0.2, 0) is 19.6 Å². The van der Waals surface area contributed by atoms with Crippen LogP contribution < -0.4 is 15.4 Å². The second-order valence-corrected chi connectivity index (χ2v) is 8.22. The molecule has 0 atom stereocenters. The molecule has 0 saturated heterocycles. The number of hydrogen-bond acceptors (Lipinski definition) is 4. The normalized spacial score (nSPS) is 17.4. The molecule has 1 aromatic carbocycles. The van der Waals surface area contributed by atoms with Crippen LogP contribution in [-0.4, -0.2) is 24.8 Å². The van der Waals surface area contributed by atoms with Gasteiger partial charge < -0.3 is 5.11 Å². The molecule has 2 aliphatic rings. The highest BCUT2D eigenvalue weighted by Gasteiger charge is 2.46. The molecule has 0 unspecified atom stereocenters. The second-order valence-electron chi connectivity index (χ2n) is 7.88. The van der Waals surface area contributed by atoms with Gasteiger partial charge in [-0.25, -0.2) is 13.7 Å². The fourth-order valence-electron chi connectivity index (χ4n) is 4.77. The Labute approximate surface area is 167 Å². The average molecular weight is 401 g/mol. The molecular formula is C20H23ClN5O2+. The van der Waals surface area contributed by atoms with Crippen LogP contribution in [0, 0.1) is 0 Å². The van der Waals surface area contributed by atoms with Crippen molar-refractivity contribution in [3.63, 3.8) is 0 Å². The van der Waals surface area contributed by atoms with Crippen LogP contribution in [0.25, 0.3) is 11.2 Å². The minimum absolute atomic E-state index is 0.0111. The predicted octanol–water partition coefficient (Wildman–Crippen LogP) is 2.65. The number of aromatic nitrogens is 4. The van der Waals surface area contributed by atoms with Crippen molar-refractivity contribution in [2.75, 3.05) is 5.32 Å². The maximum atomic E-state index is 13.1. The number of benzene rings is 1. The summed E-state index contributed by atoms with van der Waals surface area (Å²) >= 11 is 6.49. The molecule has 3 aromatic rings. The molecule has 2 aromatic heterocycles. The first kappa shape index (κ1) is 17.6. The van der Waals surface area contributed by atoms with Gasteiger partial charge in [-0.1, -0.05) is 12.1 Å². The highest BCUT2D eigenvalue weighted by molar-refractivity contribution is 6.29. The molecule has 5 rings (SSSR count). The fourth-order valence-corrected chi connectivity index (χ4v) is 5.00. The van der Waals surface area contributed by atoms with Gasteiger partial charge in [0.1, 0.15) is 11.3 Å². The first-order valence-electron chi connectivity index (χ1n) is 9.80. The summed E-state index contributed by atoms with van der Waals surface area (Å²) in [7, 11) is 0. The van der Waals surface area contributed by atoms with E-state index < -0.39 is 0 Å². The van der Waals surface area contributed by atoms with E-state index >= 15 is 0 Å². The van der Waals surface area contributed by atoms with Crippen LogP contribution in [0.4, 0.5) is 5.95 Å². The summed E-state index contributed by atoms with van der Waals surface area (Å²) in [5.74, 6) is 1.05. The standard InChI is InChI=1S/C20H22ClN5O2/c1-2-24-17(28)15-16(26-12-20(23-19(24)26)8-3-4-9-20)25(18(21)22-15)11-13-6-5-7-14(27)10-13/h5-7,10,27H,2-4,8-9,11-12H2,1H3/p+1. The Morgan fingerprint density at radius 1 is 1.32 bits per heavy atom. The van der Waals surface area contributed by atoms with Gasteiger partial charge in [-0.3, -0.25) is 10.1 Å². The summed E-state index contributed by atoms with van der Waals surface area (Å²) < 4.78 is 5.80. The van der Waals surface area contributed by atoms with Crippen LogP contribution in [0.1, 0.15) is 38.2 Å². The van der Waals surface area contributed by atoms with Gasteiger partial charge in [-0.15, -0.1) is 0 Å². The Morgan fingerprint density at radius 2 is 2.11 bits per heavy atom. The van der Waals surface area contributed by atoms with Crippen molar-refractivity contribution in [3.8, 4) is 5.75 Å². The van der Waals surface area contributed by atoms with Gasteiger partial charge in [-0.05, 0) is 61.9 Å². The molecule has 0 amide bonds. The van der Waals surface area contributed by atoms with E-state index in [1.807, 2.05) is 17.6 Å². The van der Waals surface area contributed by atoms with Crippen molar-refractivity contribution >= 4 is 28.7 Å². The smallest absolute Gasteiger partial charge is 0.327 e. The van der Waals surface area contributed by atoms with E-state index in [-0.39, 0.29) is 22.1 Å². The number of nitrogens with one attached hydrogen (secondary N) is 1. The Kier molecular flexibility index (Phi) is 3.91. The lowest BCUT2D eigenvalue weighted by Gasteiger charge is -2.18. The summed E-state index contributed by atoms with van der Waals surface area (Å²) in [6, 6.07) is 7.07. The number of nitrogens with zero attached hydrogens (tertiary/aromatic N) is 4. The number of rotatable bonds is 3. The van der Waals surface area contributed by atoms with Crippen molar-refractivity contribution < 1.29 is 9.67 Å². The number of halogens is 1. The van der Waals surface area contributed by atoms with Crippen molar-refractivity contribution in [2.45, 2.75) is 57.8 Å². The molecule has 0 radical (unpaired) electrons. The average Bonchev–Trinajstić information content (AvgIpc) is 3.35. The van der Waals surface area contributed by atoms with Crippen molar-refractivity contribution in [3.05, 3.63) is 45.5 Å². The topological polar surface area (TPSA) is 76.0 Å². The molecular weight excluding hydrogens is 378 g/mol. The molecule has 8 heteroatoms. The number of phenolic OH excluding ortho intramolecular Hbond substituents is 1. The van der Waals surface area contributed by atoms with Gasteiger partial charge in [0.05, 0.1) is 19.6 Å². The highest BCUT2D eigenvalue weighted by atomic mass is 35.5. The second kappa shape index (κ2) is 6.24. The summed E-state index contributed by atoms with van der Waals surface area (Å²) in [4.78, 5) is 17.5. The Morgan fingerprint density at radius 3 is 2.82 bits per heavy atom. The Balaban J connectivity index is 1.73. The zero-order chi connectivity index (χ0) is 19.5. The van der Waals surface area contributed by atoms with Crippen molar-refractivity contribution in [2.24, 2.45) is 0 Å². The third-order valence-electron chi connectivity index (χ3n) is 6.07. The van der Waals surface area contributed by atoms with Crippen LogP contribution >= 0.6 is 11.6 Å². The van der Waals surface area contributed by atoms with Crippen molar-refractivity contribution in [1.82, 2.24) is 14.1 Å². The maximum absolute atomic E-state index is 13.1. The van der Waals surface area contributed by atoms with E-state index in [0.717, 1.165) is 36.5 Å². The zero-order valence-corrected chi connectivity index (χ0v) is 16.5. The van der Waals surface area contributed by atoms with Gasteiger partial charge in [0.2, 0.25) is 16.4 Å². The number of aromatic hydroxyl groups is 1. The third kappa shape index (κ3) is 2.53.